The molecule has 0 amide bonds. The molecule has 0 aromatic heterocycles. The highest BCUT2D eigenvalue weighted by Gasteiger charge is 2.40. The smallest absolute Gasteiger partial charge is 0.265 e. The number of halogens is 10. The van der Waals surface area contributed by atoms with E-state index in [2.05, 4.69) is 0 Å². The number of ether oxygens (including phenoxy) is 1. The maximum atomic E-state index is 14.7. The predicted octanol–water partition coefficient (Wildman–Crippen LogP) is 3.60. The molecular weight excluding hydrogens is 445 g/mol. The third-order valence-electron chi connectivity index (χ3n) is 4.44. The van der Waals surface area contributed by atoms with Crippen molar-refractivity contribution in [2.75, 3.05) is 7.11 Å². The molecule has 1 nitrogen and oxygen atoms in total. The summed E-state index contributed by atoms with van der Waals surface area (Å²) >= 11 is 0. The summed E-state index contributed by atoms with van der Waals surface area (Å²) in [5.41, 5.74) is -4.48. The van der Waals surface area contributed by atoms with Crippen LogP contribution in [0.5, 0.6) is 5.75 Å². The molecule has 0 atom stereocenters. The van der Waals surface area contributed by atoms with Gasteiger partial charge in [0.25, 0.3) is 6.71 Å². The minimum Gasteiger partial charge on any atom is -0.497 e. The molecule has 0 N–H and O–H groups in total. The predicted molar refractivity (Wildman–Crippen MR) is 90.1 cm³/mol. The highest BCUT2D eigenvalue weighted by Crippen LogP contribution is 2.20. The summed E-state index contributed by atoms with van der Waals surface area (Å²) in [6.45, 7) is -2.72. The van der Waals surface area contributed by atoms with Crippen molar-refractivity contribution >= 4 is 23.1 Å². The van der Waals surface area contributed by atoms with Gasteiger partial charge in [-0.15, -0.1) is 0 Å². The van der Waals surface area contributed by atoms with Crippen molar-refractivity contribution in [3.05, 3.63) is 82.4 Å². The minimum atomic E-state index is -2.72. The fraction of sp³-hybridized carbons (Fsp3) is 0.0526. The lowest BCUT2D eigenvalue weighted by atomic mass is 9.36. The zero-order chi connectivity index (χ0) is 23.2. The average molecular weight is 452 g/mol. The van der Waals surface area contributed by atoms with Crippen LogP contribution in [0.4, 0.5) is 43.9 Å². The molecule has 0 spiro atoms. The Morgan fingerprint density at radius 2 is 0.935 bits per heavy atom. The zero-order valence-electron chi connectivity index (χ0n) is 15.1. The highest BCUT2D eigenvalue weighted by molar-refractivity contribution is 6.96. The Morgan fingerprint density at radius 1 is 0.516 bits per heavy atom. The molecule has 0 fully saturated rings. The Balaban J connectivity index is 2.54. The van der Waals surface area contributed by atoms with E-state index in [1.54, 1.807) is 0 Å². The molecule has 0 saturated carbocycles. The maximum Gasteiger partial charge on any atom is 0.265 e. The van der Waals surface area contributed by atoms with E-state index in [1.807, 2.05) is 0 Å². The third-order valence-corrected chi connectivity index (χ3v) is 4.44. The van der Waals surface area contributed by atoms with Crippen LogP contribution < -0.4 is 21.1 Å². The molecule has 0 saturated heterocycles. The highest BCUT2D eigenvalue weighted by atomic mass is 19.2. The quantitative estimate of drug-likeness (QED) is 0.255. The Morgan fingerprint density at radius 3 is 1.35 bits per heavy atom. The molecule has 0 unspecified atom stereocenters. The molecule has 0 aliphatic carbocycles. The topological polar surface area (TPSA) is 9.23 Å². The van der Waals surface area contributed by atoms with Gasteiger partial charge in [0.05, 0.1) is 7.11 Å². The average Bonchev–Trinajstić information content (AvgIpc) is 2.69. The van der Waals surface area contributed by atoms with Crippen LogP contribution in [0.25, 0.3) is 0 Å². The van der Waals surface area contributed by atoms with Crippen molar-refractivity contribution in [3.63, 3.8) is 0 Å². The molecule has 0 heterocycles. The van der Waals surface area contributed by atoms with Crippen LogP contribution in [0, 0.1) is 58.2 Å². The summed E-state index contributed by atoms with van der Waals surface area (Å²) < 4.78 is 145. The van der Waals surface area contributed by atoms with Gasteiger partial charge >= 0.3 is 0 Å². The number of methoxy groups -OCH3 is 1. The Hall–Kier alpha value is -3.18. The van der Waals surface area contributed by atoms with Crippen LogP contribution in [0.15, 0.2) is 24.3 Å². The first-order valence-electron chi connectivity index (χ1n) is 8.18. The van der Waals surface area contributed by atoms with Crippen LogP contribution >= 0.6 is 0 Å². The molecule has 3 aromatic rings. The van der Waals surface area contributed by atoms with Crippen LogP contribution in [0.3, 0.4) is 0 Å². The van der Waals surface area contributed by atoms with Crippen molar-refractivity contribution in [2.24, 2.45) is 0 Å². The molecule has 0 bridgehead atoms. The molecule has 3 aromatic carbocycles. The Kier molecular flexibility index (Phi) is 5.92. The van der Waals surface area contributed by atoms with E-state index in [9.17, 15) is 43.9 Å². The van der Waals surface area contributed by atoms with Gasteiger partial charge in [-0.25, -0.2) is 43.9 Å². The second-order valence-corrected chi connectivity index (χ2v) is 6.20. The fourth-order valence-corrected chi connectivity index (χ4v) is 3.13. The fourth-order valence-electron chi connectivity index (χ4n) is 3.13. The standard InChI is InChI=1S/C19H7BF10O/c1-31-12-3-6(21)2-7(22)13(12)20(14-8(23)4-10(25)16(27)18(14)29)15-9(24)5-11(26)17(28)19(15)30/h2-5H,1H3. The van der Waals surface area contributed by atoms with Crippen molar-refractivity contribution < 1.29 is 48.6 Å². The number of hydrogen-bond acceptors (Lipinski definition) is 1. The first-order chi connectivity index (χ1) is 14.5. The van der Waals surface area contributed by atoms with Crippen molar-refractivity contribution in [1.82, 2.24) is 0 Å². The molecule has 3 rings (SSSR count). The second-order valence-electron chi connectivity index (χ2n) is 6.20. The van der Waals surface area contributed by atoms with Crippen molar-refractivity contribution in [2.45, 2.75) is 0 Å². The molecular formula is C19H7BF10O. The monoisotopic (exact) mass is 452 g/mol. The normalized spacial score (nSPS) is 11.1. The van der Waals surface area contributed by atoms with Gasteiger partial charge in [-0.1, -0.05) is 0 Å². The summed E-state index contributed by atoms with van der Waals surface area (Å²) in [5, 5.41) is 0. The summed E-state index contributed by atoms with van der Waals surface area (Å²) in [4.78, 5) is 0. The van der Waals surface area contributed by atoms with Gasteiger partial charge in [-0.2, -0.15) is 0 Å². The first kappa shape index (κ1) is 22.5. The van der Waals surface area contributed by atoms with Gasteiger partial charge in [-0.3, -0.25) is 0 Å². The first-order valence-corrected chi connectivity index (χ1v) is 8.18. The maximum absolute atomic E-state index is 14.7. The van der Waals surface area contributed by atoms with E-state index in [0.29, 0.717) is 6.07 Å². The van der Waals surface area contributed by atoms with Gasteiger partial charge in [0, 0.05) is 40.7 Å². The second kappa shape index (κ2) is 8.16. The lowest BCUT2D eigenvalue weighted by Gasteiger charge is -2.21. The molecule has 0 radical (unpaired) electrons. The van der Waals surface area contributed by atoms with Gasteiger partial charge in [0.1, 0.15) is 29.0 Å². The van der Waals surface area contributed by atoms with Crippen LogP contribution in [0.1, 0.15) is 0 Å². The van der Waals surface area contributed by atoms with E-state index < -0.39 is 87.0 Å². The SMILES string of the molecule is COc1cc(F)cc(F)c1B(c1c(F)cc(F)c(F)c1F)c1c(F)cc(F)c(F)c1F. The summed E-state index contributed by atoms with van der Waals surface area (Å²) in [6, 6.07) is 0.182. The van der Waals surface area contributed by atoms with Gasteiger partial charge < -0.3 is 4.74 Å². The minimum absolute atomic E-state index is 0.135. The lowest BCUT2D eigenvalue weighted by molar-refractivity contribution is 0.411. The summed E-state index contributed by atoms with van der Waals surface area (Å²) in [5.74, 6) is -21.1. The van der Waals surface area contributed by atoms with Crippen LogP contribution in [-0.2, 0) is 0 Å². The van der Waals surface area contributed by atoms with Gasteiger partial charge in [0.2, 0.25) is 0 Å². The largest absolute Gasteiger partial charge is 0.497 e. The molecule has 0 aliphatic heterocycles. The van der Waals surface area contributed by atoms with E-state index in [0.717, 1.165) is 7.11 Å². The Labute approximate surface area is 168 Å². The lowest BCUT2D eigenvalue weighted by Crippen LogP contribution is -2.58. The van der Waals surface area contributed by atoms with Crippen molar-refractivity contribution in [1.29, 1.82) is 0 Å². The van der Waals surface area contributed by atoms with E-state index in [1.165, 1.54) is 0 Å². The number of rotatable bonds is 4. The molecule has 31 heavy (non-hydrogen) atoms. The summed E-state index contributed by atoms with van der Waals surface area (Å²) in [6.07, 6.45) is 0. The van der Waals surface area contributed by atoms with Gasteiger partial charge in [-0.05, 0) is 0 Å². The molecule has 0 aliphatic rings. The number of benzene rings is 3. The number of hydrogen-bond donors (Lipinski definition) is 0. The zero-order valence-corrected chi connectivity index (χ0v) is 15.1. The van der Waals surface area contributed by atoms with Crippen molar-refractivity contribution in [3.8, 4) is 5.75 Å². The van der Waals surface area contributed by atoms with E-state index in [-0.39, 0.29) is 18.2 Å². The van der Waals surface area contributed by atoms with Gasteiger partial charge in [0.15, 0.2) is 34.9 Å². The Bertz CT molecular complexity index is 1130. The van der Waals surface area contributed by atoms with Crippen LogP contribution in [0.2, 0.25) is 0 Å². The molecule has 12 heteroatoms. The third kappa shape index (κ3) is 3.70. The van der Waals surface area contributed by atoms with E-state index in [4.69, 9.17) is 4.74 Å². The van der Waals surface area contributed by atoms with E-state index >= 15 is 0 Å². The van der Waals surface area contributed by atoms with Crippen LogP contribution in [-0.4, -0.2) is 13.8 Å². The summed E-state index contributed by atoms with van der Waals surface area (Å²) in [7, 11) is 0.824. The molecule has 162 valence electrons.